The monoisotopic (exact) mass is 518 g/mol. The van der Waals surface area contributed by atoms with E-state index >= 15 is 0 Å². The van der Waals surface area contributed by atoms with Crippen LogP contribution in [0.25, 0.3) is 0 Å². The summed E-state index contributed by atoms with van der Waals surface area (Å²) in [6, 6.07) is 0. The molecule has 0 aromatic heterocycles. The minimum Gasteiger partial charge on any atom is -0.461 e. The van der Waals surface area contributed by atoms with E-state index in [-0.39, 0.29) is 18.5 Å². The molecule has 0 heterocycles. The van der Waals surface area contributed by atoms with Crippen molar-refractivity contribution in [2.24, 2.45) is 5.92 Å². The first-order valence-electron chi connectivity index (χ1n) is 5.79. The maximum absolute atomic E-state index is 11.7. The second-order valence-electron chi connectivity index (χ2n) is 4.28. The number of esters is 1. The van der Waals surface area contributed by atoms with Gasteiger partial charge in [0.2, 0.25) is 0 Å². The van der Waals surface area contributed by atoms with Gasteiger partial charge in [0.15, 0.2) is 0 Å². The smallest absolute Gasteiger partial charge is 0.308 e. The minimum atomic E-state index is -0.172. The van der Waals surface area contributed by atoms with E-state index in [2.05, 4.69) is 63.7 Å². The summed E-state index contributed by atoms with van der Waals surface area (Å²) in [7, 11) is 0. The Morgan fingerprint density at radius 2 is 1.58 bits per heavy atom. The van der Waals surface area contributed by atoms with E-state index in [1.165, 1.54) is 0 Å². The Kier molecular flexibility index (Phi) is 7.04. The Labute approximate surface area is 147 Å². The average molecular weight is 522 g/mol. The largest absolute Gasteiger partial charge is 0.461 e. The Morgan fingerprint density at radius 3 is 2.00 bits per heavy atom. The third kappa shape index (κ3) is 4.05. The van der Waals surface area contributed by atoms with Gasteiger partial charge in [0.05, 0.1) is 5.92 Å². The van der Waals surface area contributed by atoms with Crippen LogP contribution in [-0.2, 0) is 16.1 Å². The van der Waals surface area contributed by atoms with Crippen molar-refractivity contribution in [1.82, 2.24) is 0 Å². The molecule has 0 amide bonds. The van der Waals surface area contributed by atoms with Crippen LogP contribution in [0.2, 0.25) is 0 Å². The lowest BCUT2D eigenvalue weighted by atomic mass is 10.1. The molecule has 0 spiro atoms. The van der Waals surface area contributed by atoms with Crippen LogP contribution in [0, 0.1) is 12.8 Å². The van der Waals surface area contributed by atoms with E-state index < -0.39 is 0 Å². The molecule has 0 saturated heterocycles. The number of hydrogen-bond acceptors (Lipinski definition) is 2. The molecule has 2 nitrogen and oxygen atoms in total. The molecule has 0 aliphatic carbocycles. The lowest BCUT2D eigenvalue weighted by Gasteiger charge is -2.15. The number of ether oxygens (including phenoxy) is 1. The molecule has 0 bridgehead atoms. The van der Waals surface area contributed by atoms with E-state index in [0.717, 1.165) is 35.4 Å². The van der Waals surface area contributed by atoms with Gasteiger partial charge >= 0.3 is 5.97 Å². The molecule has 6 heteroatoms. The fourth-order valence-corrected chi connectivity index (χ4v) is 3.99. The maximum atomic E-state index is 11.7. The Balaban J connectivity index is 3.00. The molecule has 0 N–H and O–H groups in total. The molecule has 106 valence electrons. The molecule has 1 unspecified atom stereocenters. The van der Waals surface area contributed by atoms with Crippen LogP contribution in [0.15, 0.2) is 17.9 Å². The summed E-state index contributed by atoms with van der Waals surface area (Å²) in [5.74, 6) is -0.246. The molecular formula is C13H14Br4O2. The van der Waals surface area contributed by atoms with Gasteiger partial charge in [0.25, 0.3) is 0 Å². The predicted molar refractivity (Wildman–Crippen MR) is 91.2 cm³/mol. The SMILES string of the molecule is CCC(C)C(=O)OCc1c(Br)c(Br)c(C)c(Br)c1Br. The van der Waals surface area contributed by atoms with Gasteiger partial charge in [-0.15, -0.1) is 0 Å². The maximum Gasteiger partial charge on any atom is 0.308 e. The van der Waals surface area contributed by atoms with E-state index in [0.29, 0.717) is 0 Å². The predicted octanol–water partition coefficient (Wildman–Crippen LogP) is 6.13. The zero-order valence-electron chi connectivity index (χ0n) is 10.8. The van der Waals surface area contributed by atoms with Crippen molar-refractivity contribution in [1.29, 1.82) is 0 Å². The molecule has 1 aromatic rings. The van der Waals surface area contributed by atoms with Gasteiger partial charge in [0, 0.05) is 23.5 Å². The van der Waals surface area contributed by atoms with Crippen molar-refractivity contribution in [2.45, 2.75) is 33.8 Å². The van der Waals surface area contributed by atoms with Crippen LogP contribution in [0.3, 0.4) is 0 Å². The number of halogens is 4. The first-order chi connectivity index (χ1) is 8.81. The first-order valence-corrected chi connectivity index (χ1v) is 8.96. The van der Waals surface area contributed by atoms with E-state index in [9.17, 15) is 4.79 Å². The van der Waals surface area contributed by atoms with E-state index in [1.807, 2.05) is 20.8 Å². The summed E-state index contributed by atoms with van der Waals surface area (Å²) in [6.45, 7) is 6.07. The fraction of sp³-hybridized carbons (Fsp3) is 0.462. The zero-order chi connectivity index (χ0) is 14.7. The number of hydrogen-bond donors (Lipinski definition) is 0. The number of benzene rings is 1. The topological polar surface area (TPSA) is 26.3 Å². The third-order valence-electron chi connectivity index (χ3n) is 2.95. The second-order valence-corrected chi connectivity index (χ2v) is 7.45. The Morgan fingerprint density at radius 1 is 1.11 bits per heavy atom. The molecule has 0 radical (unpaired) electrons. The third-order valence-corrected chi connectivity index (χ3v) is 7.74. The highest BCUT2D eigenvalue weighted by Crippen LogP contribution is 2.41. The van der Waals surface area contributed by atoms with Gasteiger partial charge in [-0.2, -0.15) is 0 Å². The van der Waals surface area contributed by atoms with Gasteiger partial charge in [-0.05, 0) is 82.6 Å². The van der Waals surface area contributed by atoms with Gasteiger partial charge in [-0.25, -0.2) is 0 Å². The van der Waals surface area contributed by atoms with Crippen molar-refractivity contribution in [3.8, 4) is 0 Å². The minimum absolute atomic E-state index is 0.0742. The molecule has 0 saturated carbocycles. The lowest BCUT2D eigenvalue weighted by molar-refractivity contribution is -0.149. The lowest BCUT2D eigenvalue weighted by Crippen LogP contribution is -2.14. The van der Waals surface area contributed by atoms with Crippen molar-refractivity contribution in [3.05, 3.63) is 29.0 Å². The normalized spacial score (nSPS) is 12.4. The van der Waals surface area contributed by atoms with Gasteiger partial charge < -0.3 is 4.74 Å². The molecule has 1 rings (SSSR count). The summed E-state index contributed by atoms with van der Waals surface area (Å²) < 4.78 is 9.06. The average Bonchev–Trinajstić information content (AvgIpc) is 2.41. The molecule has 19 heavy (non-hydrogen) atoms. The van der Waals surface area contributed by atoms with Crippen molar-refractivity contribution < 1.29 is 9.53 Å². The molecule has 1 atom stereocenters. The van der Waals surface area contributed by atoms with Crippen molar-refractivity contribution in [3.63, 3.8) is 0 Å². The zero-order valence-corrected chi connectivity index (χ0v) is 17.2. The summed E-state index contributed by atoms with van der Waals surface area (Å²) in [5, 5.41) is 0. The highest BCUT2D eigenvalue weighted by molar-refractivity contribution is 9.14. The quantitative estimate of drug-likeness (QED) is 0.352. The highest BCUT2D eigenvalue weighted by Gasteiger charge is 2.19. The summed E-state index contributed by atoms with van der Waals surface area (Å²) in [6.07, 6.45) is 0.780. The summed E-state index contributed by atoms with van der Waals surface area (Å²) in [5.41, 5.74) is 1.98. The second kappa shape index (κ2) is 7.57. The van der Waals surface area contributed by atoms with Crippen LogP contribution >= 0.6 is 63.7 Å². The van der Waals surface area contributed by atoms with Crippen molar-refractivity contribution >= 4 is 69.7 Å². The van der Waals surface area contributed by atoms with Gasteiger partial charge in [-0.1, -0.05) is 13.8 Å². The number of carbonyl (C=O) groups excluding carboxylic acids is 1. The van der Waals surface area contributed by atoms with Crippen LogP contribution in [0.4, 0.5) is 0 Å². The van der Waals surface area contributed by atoms with Gasteiger partial charge in [0.1, 0.15) is 6.61 Å². The standard InChI is InChI=1S/C13H14Br4O2/c1-4-6(2)13(18)19-5-8-11(16)9(14)7(3)10(15)12(8)17/h6H,4-5H2,1-3H3. The van der Waals surface area contributed by atoms with Crippen LogP contribution in [-0.4, -0.2) is 5.97 Å². The molecule has 0 aliphatic rings. The fourth-order valence-electron chi connectivity index (χ4n) is 1.37. The van der Waals surface area contributed by atoms with E-state index in [1.54, 1.807) is 0 Å². The molecular weight excluding hydrogens is 508 g/mol. The van der Waals surface area contributed by atoms with Gasteiger partial charge in [-0.3, -0.25) is 4.79 Å². The molecule has 0 aliphatic heterocycles. The number of carbonyl (C=O) groups is 1. The summed E-state index contributed by atoms with van der Waals surface area (Å²) in [4.78, 5) is 11.7. The summed E-state index contributed by atoms with van der Waals surface area (Å²) >= 11 is 14.1. The highest BCUT2D eigenvalue weighted by atomic mass is 79.9. The first kappa shape index (κ1) is 17.7. The van der Waals surface area contributed by atoms with Crippen LogP contribution < -0.4 is 0 Å². The Bertz CT molecular complexity index is 471. The van der Waals surface area contributed by atoms with Crippen molar-refractivity contribution in [2.75, 3.05) is 0 Å². The van der Waals surface area contributed by atoms with Crippen LogP contribution in [0.5, 0.6) is 0 Å². The molecule has 0 fully saturated rings. The van der Waals surface area contributed by atoms with Crippen LogP contribution in [0.1, 0.15) is 31.4 Å². The van der Waals surface area contributed by atoms with E-state index in [4.69, 9.17) is 4.74 Å². The number of rotatable bonds is 4. The Hall–Kier alpha value is 0.610. The molecule has 1 aromatic carbocycles.